The third-order valence-electron chi connectivity index (χ3n) is 2.83. The lowest BCUT2D eigenvalue weighted by Crippen LogP contribution is -2.31. The molecule has 2 aromatic rings. The van der Waals surface area contributed by atoms with Crippen molar-refractivity contribution in [2.24, 2.45) is 0 Å². The largest absolute Gasteiger partial charge is 0.479 e. The molecule has 0 radical (unpaired) electrons. The Hall–Kier alpha value is -2.69. The number of carboxylic acids is 1. The number of carbonyl (C=O) groups excluding carboxylic acids is 1. The van der Waals surface area contributed by atoms with Crippen molar-refractivity contribution >= 4 is 11.9 Å². The lowest BCUT2D eigenvalue weighted by molar-refractivity contribution is -0.141. The maximum absolute atomic E-state index is 11.3. The highest BCUT2D eigenvalue weighted by molar-refractivity contribution is 5.83. The molecule has 0 fully saturated rings. The van der Waals surface area contributed by atoms with Crippen molar-refractivity contribution in [1.29, 1.82) is 0 Å². The van der Waals surface area contributed by atoms with E-state index < -0.39 is 12.0 Å². The highest BCUT2D eigenvalue weighted by atomic mass is 16.4. The Labute approximate surface area is 116 Å². The average Bonchev–Trinajstić information content (AvgIpc) is 2.45. The molecule has 1 heterocycles. The van der Waals surface area contributed by atoms with E-state index in [1.165, 1.54) is 6.92 Å². The number of hydrogen-bond donors (Lipinski definition) is 2. The van der Waals surface area contributed by atoms with E-state index in [1.807, 2.05) is 18.2 Å². The quantitative estimate of drug-likeness (QED) is 0.890. The fraction of sp³-hybridized carbons (Fsp3) is 0.133. The van der Waals surface area contributed by atoms with E-state index in [1.54, 1.807) is 30.6 Å². The van der Waals surface area contributed by atoms with Crippen molar-refractivity contribution in [3.8, 4) is 11.1 Å². The Balaban J connectivity index is 2.38. The van der Waals surface area contributed by atoms with Gasteiger partial charge >= 0.3 is 5.97 Å². The van der Waals surface area contributed by atoms with Gasteiger partial charge in [-0.15, -0.1) is 0 Å². The molecule has 2 rings (SSSR count). The molecule has 1 atom stereocenters. The van der Waals surface area contributed by atoms with Crippen molar-refractivity contribution in [3.05, 3.63) is 54.4 Å². The first-order valence-corrected chi connectivity index (χ1v) is 6.08. The van der Waals surface area contributed by atoms with E-state index in [0.29, 0.717) is 5.56 Å². The number of aliphatic carboxylic acids is 1. The number of nitrogens with one attached hydrogen (secondary N) is 1. The summed E-state index contributed by atoms with van der Waals surface area (Å²) in [5.74, 6) is -1.47. The highest BCUT2D eigenvalue weighted by Crippen LogP contribution is 2.23. The molecule has 5 nitrogen and oxygen atoms in total. The molecule has 0 aliphatic carbocycles. The van der Waals surface area contributed by atoms with Gasteiger partial charge in [0.15, 0.2) is 6.04 Å². The van der Waals surface area contributed by atoms with Gasteiger partial charge in [0.25, 0.3) is 0 Å². The van der Waals surface area contributed by atoms with Crippen LogP contribution >= 0.6 is 0 Å². The topological polar surface area (TPSA) is 79.3 Å². The van der Waals surface area contributed by atoms with Crippen LogP contribution in [-0.2, 0) is 9.59 Å². The standard InChI is InChI=1S/C15H14N2O3/c1-10(18)17-14(15(19)20)13-4-2-3-12(9-13)11-5-7-16-8-6-11/h2-9,14H,1H3,(H,17,18)(H,19,20). The zero-order valence-electron chi connectivity index (χ0n) is 10.9. The Morgan fingerprint density at radius 2 is 1.85 bits per heavy atom. The summed E-state index contributed by atoms with van der Waals surface area (Å²) in [6.45, 7) is 1.29. The molecule has 1 aromatic heterocycles. The van der Waals surface area contributed by atoms with Gasteiger partial charge in [0.2, 0.25) is 5.91 Å². The lowest BCUT2D eigenvalue weighted by Gasteiger charge is -2.14. The number of aromatic nitrogens is 1. The third kappa shape index (κ3) is 3.20. The summed E-state index contributed by atoms with van der Waals surface area (Å²) in [4.78, 5) is 26.3. The van der Waals surface area contributed by atoms with Gasteiger partial charge in [0, 0.05) is 19.3 Å². The first-order chi connectivity index (χ1) is 9.58. The number of hydrogen-bond acceptors (Lipinski definition) is 3. The van der Waals surface area contributed by atoms with Crippen LogP contribution in [0.3, 0.4) is 0 Å². The second kappa shape index (κ2) is 5.97. The number of benzene rings is 1. The minimum Gasteiger partial charge on any atom is -0.479 e. The zero-order valence-corrected chi connectivity index (χ0v) is 10.9. The van der Waals surface area contributed by atoms with Crippen molar-refractivity contribution in [1.82, 2.24) is 10.3 Å². The van der Waals surface area contributed by atoms with Crippen LogP contribution < -0.4 is 5.32 Å². The molecule has 1 aromatic carbocycles. The molecule has 0 saturated heterocycles. The highest BCUT2D eigenvalue weighted by Gasteiger charge is 2.20. The Morgan fingerprint density at radius 3 is 2.45 bits per heavy atom. The maximum Gasteiger partial charge on any atom is 0.330 e. The van der Waals surface area contributed by atoms with Gasteiger partial charge in [0.1, 0.15) is 0 Å². The summed E-state index contributed by atoms with van der Waals surface area (Å²) in [7, 11) is 0. The molecule has 5 heteroatoms. The number of pyridine rings is 1. The minimum atomic E-state index is -1.09. The molecule has 2 N–H and O–H groups in total. The summed E-state index contributed by atoms with van der Waals surface area (Å²) in [6, 6.07) is 9.72. The molecule has 1 unspecified atom stereocenters. The predicted molar refractivity (Wildman–Crippen MR) is 73.9 cm³/mol. The van der Waals surface area contributed by atoms with Crippen LogP contribution in [0.15, 0.2) is 48.8 Å². The molecular weight excluding hydrogens is 256 g/mol. The van der Waals surface area contributed by atoms with Crippen molar-refractivity contribution in [2.75, 3.05) is 0 Å². The Morgan fingerprint density at radius 1 is 1.15 bits per heavy atom. The van der Waals surface area contributed by atoms with Gasteiger partial charge in [0.05, 0.1) is 0 Å². The van der Waals surface area contributed by atoms with Gasteiger partial charge in [-0.05, 0) is 34.9 Å². The van der Waals surface area contributed by atoms with Gasteiger partial charge in [-0.25, -0.2) is 4.79 Å². The van der Waals surface area contributed by atoms with E-state index in [-0.39, 0.29) is 5.91 Å². The third-order valence-corrected chi connectivity index (χ3v) is 2.83. The zero-order chi connectivity index (χ0) is 14.5. The summed E-state index contributed by atoms with van der Waals surface area (Å²) < 4.78 is 0. The fourth-order valence-electron chi connectivity index (χ4n) is 1.93. The summed E-state index contributed by atoms with van der Waals surface area (Å²) >= 11 is 0. The molecule has 20 heavy (non-hydrogen) atoms. The smallest absolute Gasteiger partial charge is 0.330 e. The second-order valence-electron chi connectivity index (χ2n) is 4.33. The SMILES string of the molecule is CC(=O)NC(C(=O)O)c1cccc(-c2ccncc2)c1. The molecular formula is C15H14N2O3. The van der Waals surface area contributed by atoms with Crippen molar-refractivity contribution in [2.45, 2.75) is 13.0 Å². The van der Waals surface area contributed by atoms with Crippen molar-refractivity contribution in [3.63, 3.8) is 0 Å². The Bertz CT molecular complexity index is 626. The molecule has 1 amide bonds. The van der Waals surface area contributed by atoms with Gasteiger partial charge < -0.3 is 10.4 Å². The first-order valence-electron chi connectivity index (χ1n) is 6.08. The second-order valence-corrected chi connectivity index (χ2v) is 4.33. The summed E-state index contributed by atoms with van der Waals surface area (Å²) in [6.07, 6.45) is 3.34. The number of amides is 1. The molecule has 0 spiro atoms. The molecule has 0 aliphatic rings. The number of nitrogens with zero attached hydrogens (tertiary/aromatic N) is 1. The van der Waals surface area contributed by atoms with E-state index >= 15 is 0 Å². The van der Waals surface area contributed by atoms with Crippen LogP contribution in [0.5, 0.6) is 0 Å². The van der Waals surface area contributed by atoms with Gasteiger partial charge in [-0.1, -0.05) is 18.2 Å². The average molecular weight is 270 g/mol. The van der Waals surface area contributed by atoms with Crippen LogP contribution in [0.1, 0.15) is 18.5 Å². The normalized spacial score (nSPS) is 11.7. The molecule has 0 saturated carbocycles. The summed E-state index contributed by atoms with van der Waals surface area (Å²) in [5, 5.41) is 11.6. The Kier molecular flexibility index (Phi) is 4.10. The van der Waals surface area contributed by atoms with E-state index in [0.717, 1.165) is 11.1 Å². The van der Waals surface area contributed by atoms with Gasteiger partial charge in [-0.3, -0.25) is 9.78 Å². The number of carbonyl (C=O) groups is 2. The lowest BCUT2D eigenvalue weighted by atomic mass is 10.00. The minimum absolute atomic E-state index is 0.383. The van der Waals surface area contributed by atoms with Crippen molar-refractivity contribution < 1.29 is 14.7 Å². The van der Waals surface area contributed by atoms with Crippen LogP contribution in [-0.4, -0.2) is 22.0 Å². The van der Waals surface area contributed by atoms with Crippen LogP contribution in [0.25, 0.3) is 11.1 Å². The first kappa shape index (κ1) is 13.7. The molecule has 0 bridgehead atoms. The van der Waals surface area contributed by atoms with Crippen LogP contribution in [0.4, 0.5) is 0 Å². The number of carboxylic acid groups (broad SMARTS) is 1. The predicted octanol–water partition coefficient (Wildman–Crippen LogP) is 2.01. The summed E-state index contributed by atoms with van der Waals surface area (Å²) in [5.41, 5.74) is 2.34. The molecule has 102 valence electrons. The molecule has 0 aliphatic heterocycles. The van der Waals surface area contributed by atoms with Gasteiger partial charge in [-0.2, -0.15) is 0 Å². The van der Waals surface area contributed by atoms with Crippen LogP contribution in [0.2, 0.25) is 0 Å². The van der Waals surface area contributed by atoms with E-state index in [4.69, 9.17) is 0 Å². The van der Waals surface area contributed by atoms with E-state index in [9.17, 15) is 14.7 Å². The maximum atomic E-state index is 11.3. The fourth-order valence-corrected chi connectivity index (χ4v) is 1.93. The monoisotopic (exact) mass is 270 g/mol. The van der Waals surface area contributed by atoms with Crippen LogP contribution in [0, 0.1) is 0 Å². The number of rotatable bonds is 4. The van der Waals surface area contributed by atoms with E-state index in [2.05, 4.69) is 10.3 Å².